The first-order valence-corrected chi connectivity index (χ1v) is 6.75. The van der Waals surface area contributed by atoms with Crippen molar-refractivity contribution in [2.24, 2.45) is 0 Å². The number of halogens is 4. The standard InChI is InChI=1S/C11H10F4O6S/c12-10(13,11(14,15)22(19)20)1-2-21-9(18)6-3-7(16)5-8(17)4-6/h3-5,16-17,22H,1-2H2. The van der Waals surface area contributed by atoms with Crippen LogP contribution < -0.4 is 0 Å². The van der Waals surface area contributed by atoms with Crippen LogP contribution in [0.2, 0.25) is 0 Å². The monoisotopic (exact) mass is 346 g/mol. The van der Waals surface area contributed by atoms with Crippen LogP contribution in [-0.4, -0.2) is 42.4 Å². The number of aromatic hydroxyl groups is 2. The molecule has 0 aliphatic heterocycles. The van der Waals surface area contributed by atoms with Gasteiger partial charge in [-0.25, -0.2) is 13.2 Å². The van der Waals surface area contributed by atoms with E-state index in [4.69, 9.17) is 10.2 Å². The van der Waals surface area contributed by atoms with E-state index in [9.17, 15) is 30.8 Å². The largest absolute Gasteiger partial charge is 0.508 e. The Morgan fingerprint density at radius 2 is 1.59 bits per heavy atom. The van der Waals surface area contributed by atoms with Crippen molar-refractivity contribution in [3.63, 3.8) is 0 Å². The molecule has 0 saturated heterocycles. The predicted octanol–water partition coefficient (Wildman–Crippen LogP) is 1.48. The summed E-state index contributed by atoms with van der Waals surface area (Å²) in [5, 5.41) is 13.0. The summed E-state index contributed by atoms with van der Waals surface area (Å²) < 4.78 is 76.0. The van der Waals surface area contributed by atoms with Crippen molar-refractivity contribution in [3.8, 4) is 11.5 Å². The number of phenolic OH excluding ortho intramolecular Hbond substituents is 2. The highest BCUT2D eigenvalue weighted by atomic mass is 32.2. The zero-order valence-electron chi connectivity index (χ0n) is 10.6. The third kappa shape index (κ3) is 4.00. The van der Waals surface area contributed by atoms with Crippen molar-refractivity contribution in [2.75, 3.05) is 6.61 Å². The Bertz CT molecular complexity index is 615. The first kappa shape index (κ1) is 18.0. The smallest absolute Gasteiger partial charge is 0.404 e. The number of carbonyl (C=O) groups excluding carboxylic acids is 1. The van der Waals surface area contributed by atoms with E-state index >= 15 is 0 Å². The van der Waals surface area contributed by atoms with Crippen LogP contribution in [0.4, 0.5) is 17.6 Å². The summed E-state index contributed by atoms with van der Waals surface area (Å²) in [6.45, 7) is -1.19. The Morgan fingerprint density at radius 3 is 2.05 bits per heavy atom. The highest BCUT2D eigenvalue weighted by Gasteiger charge is 2.59. The molecule has 11 heteroatoms. The zero-order chi connectivity index (χ0) is 17.1. The van der Waals surface area contributed by atoms with Crippen molar-refractivity contribution in [1.29, 1.82) is 0 Å². The van der Waals surface area contributed by atoms with Crippen LogP contribution in [0.1, 0.15) is 16.8 Å². The molecule has 0 saturated carbocycles. The van der Waals surface area contributed by atoms with Crippen LogP contribution in [0.25, 0.3) is 0 Å². The van der Waals surface area contributed by atoms with Gasteiger partial charge in [0.25, 0.3) is 0 Å². The maximum absolute atomic E-state index is 13.0. The molecule has 2 N–H and O–H groups in total. The fraction of sp³-hybridized carbons (Fsp3) is 0.364. The molecule has 0 heterocycles. The normalized spacial score (nSPS) is 12.4. The van der Waals surface area contributed by atoms with Gasteiger partial charge in [-0.1, -0.05) is 0 Å². The minimum absolute atomic E-state index is 0.400. The second-order valence-electron chi connectivity index (χ2n) is 4.13. The lowest BCUT2D eigenvalue weighted by atomic mass is 10.2. The van der Waals surface area contributed by atoms with E-state index in [2.05, 4.69) is 4.74 Å². The molecule has 0 aromatic heterocycles. The Kier molecular flexibility index (Phi) is 5.22. The highest BCUT2D eigenvalue weighted by Crippen LogP contribution is 2.37. The molecule has 0 aliphatic carbocycles. The van der Waals surface area contributed by atoms with Crippen LogP contribution in [0.15, 0.2) is 18.2 Å². The van der Waals surface area contributed by atoms with E-state index in [0.29, 0.717) is 0 Å². The van der Waals surface area contributed by atoms with E-state index in [1.165, 1.54) is 0 Å². The molecule has 0 bridgehead atoms. The maximum Gasteiger partial charge on any atom is 0.404 e. The molecule has 0 radical (unpaired) electrons. The molecule has 0 unspecified atom stereocenters. The molecule has 6 nitrogen and oxygen atoms in total. The summed E-state index contributed by atoms with van der Waals surface area (Å²) >= 11 is 0. The van der Waals surface area contributed by atoms with E-state index in [1.54, 1.807) is 0 Å². The Balaban J connectivity index is 2.69. The van der Waals surface area contributed by atoms with Gasteiger partial charge in [0.2, 0.25) is 10.7 Å². The van der Waals surface area contributed by atoms with Gasteiger partial charge in [0.1, 0.15) is 11.5 Å². The van der Waals surface area contributed by atoms with Crippen LogP contribution >= 0.6 is 0 Å². The van der Waals surface area contributed by atoms with Gasteiger partial charge in [0.05, 0.1) is 18.6 Å². The Morgan fingerprint density at radius 1 is 1.09 bits per heavy atom. The van der Waals surface area contributed by atoms with E-state index in [1.807, 2.05) is 0 Å². The molecule has 1 aromatic rings. The van der Waals surface area contributed by atoms with Crippen molar-refractivity contribution in [2.45, 2.75) is 17.6 Å². The molecule has 1 rings (SSSR count). The molecule has 22 heavy (non-hydrogen) atoms. The van der Waals surface area contributed by atoms with Gasteiger partial charge in [-0.15, -0.1) is 0 Å². The van der Waals surface area contributed by atoms with Gasteiger partial charge < -0.3 is 14.9 Å². The third-order valence-corrected chi connectivity index (χ3v) is 3.24. The lowest BCUT2D eigenvalue weighted by Gasteiger charge is -2.21. The minimum atomic E-state index is -5.27. The van der Waals surface area contributed by atoms with Crippen molar-refractivity contribution >= 4 is 16.7 Å². The summed E-state index contributed by atoms with van der Waals surface area (Å²) in [4.78, 5) is 11.4. The topological polar surface area (TPSA) is 101 Å². The molecule has 0 aliphatic rings. The predicted molar refractivity (Wildman–Crippen MR) is 64.9 cm³/mol. The summed E-state index contributed by atoms with van der Waals surface area (Å²) in [6, 6.07) is 2.59. The minimum Gasteiger partial charge on any atom is -0.508 e. The average Bonchev–Trinajstić information content (AvgIpc) is 2.36. The second kappa shape index (κ2) is 6.38. The lowest BCUT2D eigenvalue weighted by Crippen LogP contribution is -2.42. The molecule has 124 valence electrons. The summed E-state index contributed by atoms with van der Waals surface area (Å²) in [7, 11) is -4.71. The van der Waals surface area contributed by atoms with Crippen LogP contribution in [0.3, 0.4) is 0 Å². The van der Waals surface area contributed by atoms with Gasteiger partial charge >= 0.3 is 17.1 Å². The highest BCUT2D eigenvalue weighted by molar-refractivity contribution is 7.73. The van der Waals surface area contributed by atoms with Gasteiger partial charge in [-0.05, 0) is 12.1 Å². The average molecular weight is 346 g/mol. The number of benzene rings is 1. The summed E-state index contributed by atoms with van der Waals surface area (Å²) in [5.74, 6) is -7.19. The number of ether oxygens (including phenoxy) is 1. The van der Waals surface area contributed by atoms with Crippen molar-refractivity contribution in [3.05, 3.63) is 23.8 Å². The first-order valence-electron chi connectivity index (χ1n) is 5.57. The third-order valence-electron chi connectivity index (χ3n) is 2.46. The quantitative estimate of drug-likeness (QED) is 0.410. The molecule has 1 aromatic carbocycles. The molecule has 0 amide bonds. The molecule has 0 atom stereocenters. The number of hydrogen-bond donors (Lipinski definition) is 3. The summed E-state index contributed by atoms with van der Waals surface area (Å²) in [6.07, 6.45) is -1.72. The van der Waals surface area contributed by atoms with E-state index < -0.39 is 57.9 Å². The van der Waals surface area contributed by atoms with Crippen molar-refractivity contribution < 1.29 is 45.7 Å². The van der Waals surface area contributed by atoms with Crippen molar-refractivity contribution in [1.82, 2.24) is 0 Å². The number of esters is 1. The van der Waals surface area contributed by atoms with Crippen LogP contribution in [0, 0.1) is 0 Å². The number of thiol groups is 1. The van der Waals surface area contributed by atoms with Crippen LogP contribution in [0.5, 0.6) is 11.5 Å². The molecular formula is C11H10F4O6S. The van der Waals surface area contributed by atoms with E-state index in [-0.39, 0.29) is 0 Å². The number of phenols is 2. The maximum atomic E-state index is 13.0. The number of carbonyl (C=O) groups is 1. The summed E-state index contributed by atoms with van der Waals surface area (Å²) in [5.41, 5.74) is -0.400. The second-order valence-corrected chi connectivity index (χ2v) is 5.20. The van der Waals surface area contributed by atoms with Gasteiger partial charge in [-0.2, -0.15) is 17.6 Å². The molecule has 0 fully saturated rings. The van der Waals surface area contributed by atoms with Crippen LogP contribution in [-0.2, 0) is 15.4 Å². The van der Waals surface area contributed by atoms with E-state index in [0.717, 1.165) is 18.2 Å². The van der Waals surface area contributed by atoms with Gasteiger partial charge in [0.15, 0.2) is 0 Å². The molecule has 0 spiro atoms. The Labute approximate surface area is 122 Å². The van der Waals surface area contributed by atoms with Gasteiger partial charge in [-0.3, -0.25) is 0 Å². The lowest BCUT2D eigenvalue weighted by molar-refractivity contribution is -0.163. The fourth-order valence-electron chi connectivity index (χ4n) is 1.35. The number of hydrogen-bond acceptors (Lipinski definition) is 6. The number of rotatable bonds is 6. The number of alkyl halides is 4. The first-order chi connectivity index (χ1) is 9.97. The SMILES string of the molecule is O=C(OCCC(F)(F)C(F)(F)[SH](=O)=O)c1cc(O)cc(O)c1. The fourth-order valence-corrected chi connectivity index (χ4v) is 1.73. The Hall–Kier alpha value is -2.04. The zero-order valence-corrected chi connectivity index (χ0v) is 11.5. The van der Waals surface area contributed by atoms with Gasteiger partial charge in [0, 0.05) is 6.07 Å². The molecular weight excluding hydrogens is 336 g/mol.